The highest BCUT2D eigenvalue weighted by atomic mass is 32.2. The van der Waals surface area contributed by atoms with Gasteiger partial charge in [-0.1, -0.05) is 35.9 Å². The Kier molecular flexibility index (Phi) is 7.16. The molecule has 0 radical (unpaired) electrons. The van der Waals surface area contributed by atoms with Gasteiger partial charge in [0.1, 0.15) is 0 Å². The van der Waals surface area contributed by atoms with E-state index >= 15 is 0 Å². The van der Waals surface area contributed by atoms with Crippen LogP contribution in [-0.2, 0) is 19.6 Å². The lowest BCUT2D eigenvalue weighted by Crippen LogP contribution is -2.31. The predicted molar refractivity (Wildman–Crippen MR) is 110 cm³/mol. The van der Waals surface area contributed by atoms with Crippen LogP contribution in [0.25, 0.3) is 0 Å². The summed E-state index contributed by atoms with van der Waals surface area (Å²) in [7, 11) is -3.95. The van der Waals surface area contributed by atoms with Gasteiger partial charge in [0, 0.05) is 5.56 Å². The van der Waals surface area contributed by atoms with Gasteiger partial charge in [-0.25, -0.2) is 13.6 Å². The molecule has 8 heteroatoms. The molecule has 1 unspecified atom stereocenters. The molecular formula is C21H26N2O5S. The number of amides is 1. The van der Waals surface area contributed by atoms with Gasteiger partial charge in [-0.15, -0.1) is 0 Å². The molecule has 0 bridgehead atoms. The molecule has 0 saturated heterocycles. The maximum absolute atomic E-state index is 12.9. The monoisotopic (exact) mass is 418 g/mol. The van der Waals surface area contributed by atoms with Crippen molar-refractivity contribution in [2.75, 3.05) is 0 Å². The molecule has 0 aromatic heterocycles. The fourth-order valence-electron chi connectivity index (χ4n) is 2.79. The molecule has 2 aromatic carbocycles. The second-order valence-electron chi connectivity index (χ2n) is 7.20. The molecule has 0 heterocycles. The molecule has 0 aliphatic carbocycles. The summed E-state index contributed by atoms with van der Waals surface area (Å²) in [6.07, 6.45) is -0.327. The molecule has 2 aromatic rings. The van der Waals surface area contributed by atoms with Crippen LogP contribution in [0.15, 0.2) is 47.4 Å². The minimum Gasteiger partial charge on any atom is -0.463 e. The van der Waals surface area contributed by atoms with Gasteiger partial charge < -0.3 is 10.1 Å². The fourth-order valence-corrected chi connectivity index (χ4v) is 3.33. The number of nitrogens with two attached hydrogens (primary N) is 1. The van der Waals surface area contributed by atoms with Gasteiger partial charge in [-0.3, -0.25) is 9.59 Å². The Bertz CT molecular complexity index is 998. The Hall–Kier alpha value is -2.71. The fraction of sp³-hybridized carbons (Fsp3) is 0.333. The maximum atomic E-state index is 12.9. The van der Waals surface area contributed by atoms with Crippen molar-refractivity contribution in [1.29, 1.82) is 0 Å². The van der Waals surface area contributed by atoms with Crippen molar-refractivity contribution < 1.29 is 22.7 Å². The topological polar surface area (TPSA) is 116 Å². The van der Waals surface area contributed by atoms with Crippen molar-refractivity contribution in [3.63, 3.8) is 0 Å². The first-order valence-corrected chi connectivity index (χ1v) is 10.7. The third kappa shape index (κ3) is 6.40. The van der Waals surface area contributed by atoms with Gasteiger partial charge in [0.05, 0.1) is 23.5 Å². The highest BCUT2D eigenvalue weighted by Crippen LogP contribution is 2.21. The molecule has 3 N–H and O–H groups in total. The van der Waals surface area contributed by atoms with Gasteiger partial charge >= 0.3 is 5.97 Å². The number of carbonyl (C=O) groups is 2. The number of benzene rings is 2. The number of esters is 1. The zero-order valence-electron chi connectivity index (χ0n) is 16.9. The first-order chi connectivity index (χ1) is 13.5. The SMILES string of the molecule is Cc1ccc(C(CC(=O)OC(C)C)NC(=O)c2cc(S(N)(=O)=O)ccc2C)cc1. The summed E-state index contributed by atoms with van der Waals surface area (Å²) in [6, 6.07) is 10.9. The van der Waals surface area contributed by atoms with E-state index < -0.39 is 27.9 Å². The first-order valence-electron chi connectivity index (χ1n) is 9.17. The number of aryl methyl sites for hydroxylation is 2. The Morgan fingerprint density at radius 1 is 1.07 bits per heavy atom. The van der Waals surface area contributed by atoms with Crippen LogP contribution in [0.3, 0.4) is 0 Å². The van der Waals surface area contributed by atoms with E-state index in [0.717, 1.165) is 11.1 Å². The molecule has 1 amide bonds. The van der Waals surface area contributed by atoms with E-state index in [1.165, 1.54) is 18.2 Å². The summed E-state index contributed by atoms with van der Waals surface area (Å²) in [5.41, 5.74) is 2.54. The number of carbonyl (C=O) groups excluding carboxylic acids is 2. The minimum absolute atomic E-state index is 0.0547. The number of nitrogens with one attached hydrogen (secondary N) is 1. The number of hydrogen-bond donors (Lipinski definition) is 2. The van der Waals surface area contributed by atoms with Crippen molar-refractivity contribution in [3.05, 3.63) is 64.7 Å². The van der Waals surface area contributed by atoms with Crippen LogP contribution in [0.4, 0.5) is 0 Å². The minimum atomic E-state index is -3.95. The largest absolute Gasteiger partial charge is 0.463 e. The molecule has 7 nitrogen and oxygen atoms in total. The summed E-state index contributed by atoms with van der Waals surface area (Å²) in [4.78, 5) is 25.0. The van der Waals surface area contributed by atoms with Gasteiger partial charge in [-0.2, -0.15) is 0 Å². The number of hydrogen-bond acceptors (Lipinski definition) is 5. The lowest BCUT2D eigenvalue weighted by atomic mass is 10.0. The summed E-state index contributed by atoms with van der Waals surface area (Å²) in [5.74, 6) is -0.947. The number of sulfonamides is 1. The zero-order valence-corrected chi connectivity index (χ0v) is 17.7. The van der Waals surface area contributed by atoms with E-state index in [0.29, 0.717) is 5.56 Å². The molecule has 0 aliphatic heterocycles. The number of primary sulfonamides is 1. The van der Waals surface area contributed by atoms with Crippen LogP contribution in [0.1, 0.15) is 53.4 Å². The summed E-state index contributed by atoms with van der Waals surface area (Å²) in [6.45, 7) is 7.13. The lowest BCUT2D eigenvalue weighted by Gasteiger charge is -2.20. The number of rotatable bonds is 7. The highest BCUT2D eigenvalue weighted by molar-refractivity contribution is 7.89. The first kappa shape index (κ1) is 22.6. The van der Waals surface area contributed by atoms with Crippen LogP contribution in [-0.4, -0.2) is 26.4 Å². The summed E-state index contributed by atoms with van der Waals surface area (Å²) in [5, 5.41) is 7.99. The zero-order chi connectivity index (χ0) is 21.8. The van der Waals surface area contributed by atoms with E-state index in [2.05, 4.69) is 5.32 Å². The second-order valence-corrected chi connectivity index (χ2v) is 8.76. The Morgan fingerprint density at radius 2 is 1.69 bits per heavy atom. The highest BCUT2D eigenvalue weighted by Gasteiger charge is 2.22. The van der Waals surface area contributed by atoms with Gasteiger partial charge in [0.15, 0.2) is 0 Å². The molecule has 0 spiro atoms. The van der Waals surface area contributed by atoms with Crippen molar-refractivity contribution in [2.24, 2.45) is 5.14 Å². The average Bonchev–Trinajstić information content (AvgIpc) is 2.60. The van der Waals surface area contributed by atoms with E-state index in [1.54, 1.807) is 20.8 Å². The van der Waals surface area contributed by atoms with E-state index in [4.69, 9.17) is 9.88 Å². The predicted octanol–water partition coefficient (Wildman–Crippen LogP) is 2.76. The molecule has 0 fully saturated rings. The van der Waals surface area contributed by atoms with E-state index in [9.17, 15) is 18.0 Å². The van der Waals surface area contributed by atoms with Crippen LogP contribution in [0.5, 0.6) is 0 Å². The molecule has 2 rings (SSSR count). The molecule has 0 saturated carbocycles. The average molecular weight is 419 g/mol. The van der Waals surface area contributed by atoms with Crippen LogP contribution in [0, 0.1) is 13.8 Å². The Labute approximate surface area is 171 Å². The number of ether oxygens (including phenoxy) is 1. The van der Waals surface area contributed by atoms with Gasteiger partial charge in [0.25, 0.3) is 5.91 Å². The van der Waals surface area contributed by atoms with Crippen molar-refractivity contribution in [2.45, 2.75) is 51.2 Å². The van der Waals surface area contributed by atoms with Crippen molar-refractivity contribution in [1.82, 2.24) is 5.32 Å². The third-order valence-corrected chi connectivity index (χ3v) is 5.22. The van der Waals surface area contributed by atoms with Crippen molar-refractivity contribution in [3.8, 4) is 0 Å². The Morgan fingerprint density at radius 3 is 2.24 bits per heavy atom. The Balaban J connectivity index is 2.34. The quantitative estimate of drug-likeness (QED) is 0.671. The summed E-state index contributed by atoms with van der Waals surface area (Å²) >= 11 is 0. The van der Waals surface area contributed by atoms with Crippen LogP contribution < -0.4 is 10.5 Å². The third-order valence-electron chi connectivity index (χ3n) is 4.31. The molecule has 0 aliphatic rings. The normalized spacial score (nSPS) is 12.5. The summed E-state index contributed by atoms with van der Waals surface area (Å²) < 4.78 is 28.5. The van der Waals surface area contributed by atoms with Crippen LogP contribution >= 0.6 is 0 Å². The molecule has 1 atom stereocenters. The molecule has 29 heavy (non-hydrogen) atoms. The standard InChI is InChI=1S/C21H26N2O5S/c1-13(2)28-20(24)12-19(16-8-5-14(3)6-9-16)23-21(25)18-11-17(29(22,26)27)10-7-15(18)4/h5-11,13,19H,12H2,1-4H3,(H,23,25)(H2,22,26,27). The van der Waals surface area contributed by atoms with Gasteiger partial charge in [-0.05, 0) is 51.0 Å². The lowest BCUT2D eigenvalue weighted by molar-refractivity contribution is -0.147. The maximum Gasteiger partial charge on any atom is 0.308 e. The molecule has 156 valence electrons. The second kappa shape index (κ2) is 9.19. The molecular weight excluding hydrogens is 392 g/mol. The smallest absolute Gasteiger partial charge is 0.308 e. The van der Waals surface area contributed by atoms with E-state index in [1.807, 2.05) is 31.2 Å². The van der Waals surface area contributed by atoms with Gasteiger partial charge in [0.2, 0.25) is 10.0 Å². The van der Waals surface area contributed by atoms with E-state index in [-0.39, 0.29) is 23.0 Å². The van der Waals surface area contributed by atoms with Crippen molar-refractivity contribution >= 4 is 21.9 Å². The van der Waals surface area contributed by atoms with Crippen LogP contribution in [0.2, 0.25) is 0 Å².